The molecule has 0 radical (unpaired) electrons. The van der Waals surface area contributed by atoms with Crippen molar-refractivity contribution in [1.29, 1.82) is 0 Å². The minimum atomic E-state index is -4.25. The number of methoxy groups -OCH3 is 1. The molecule has 1 fully saturated rings. The maximum absolute atomic E-state index is 14.2. The largest absolute Gasteiger partial charge is 0.496 e. The number of halogens is 2. The number of hydrogen-bond donors (Lipinski definition) is 1. The number of anilines is 1. The zero-order valence-corrected chi connectivity index (χ0v) is 27.7. The molecular formula is C33H39BrFN3O5S. The van der Waals surface area contributed by atoms with Crippen LogP contribution in [0.5, 0.6) is 5.75 Å². The first kappa shape index (κ1) is 33.5. The van der Waals surface area contributed by atoms with E-state index in [9.17, 15) is 22.4 Å². The molecule has 1 aliphatic rings. The summed E-state index contributed by atoms with van der Waals surface area (Å²) >= 11 is 3.36. The minimum Gasteiger partial charge on any atom is -0.496 e. The average molecular weight is 689 g/mol. The summed E-state index contributed by atoms with van der Waals surface area (Å²) in [7, 11) is -2.76. The molecule has 0 heterocycles. The van der Waals surface area contributed by atoms with Crippen molar-refractivity contribution in [3.8, 4) is 5.75 Å². The molecule has 1 N–H and O–H groups in total. The maximum atomic E-state index is 14.2. The number of nitrogens with one attached hydrogen (secondary N) is 1. The summed E-state index contributed by atoms with van der Waals surface area (Å²) < 4.78 is 48.8. The van der Waals surface area contributed by atoms with Gasteiger partial charge in [-0.05, 0) is 90.1 Å². The van der Waals surface area contributed by atoms with Gasteiger partial charge < -0.3 is 15.0 Å². The number of aryl methyl sites for hydroxylation is 1. The molecule has 1 saturated carbocycles. The van der Waals surface area contributed by atoms with Crippen molar-refractivity contribution in [1.82, 2.24) is 10.2 Å². The predicted octanol–water partition coefficient (Wildman–Crippen LogP) is 6.36. The predicted molar refractivity (Wildman–Crippen MR) is 172 cm³/mol. The first-order valence-electron chi connectivity index (χ1n) is 14.8. The van der Waals surface area contributed by atoms with E-state index in [0.29, 0.717) is 27.9 Å². The Morgan fingerprint density at radius 2 is 1.68 bits per heavy atom. The van der Waals surface area contributed by atoms with Crippen molar-refractivity contribution in [2.24, 2.45) is 0 Å². The Balaban J connectivity index is 1.71. The molecule has 0 bridgehead atoms. The van der Waals surface area contributed by atoms with Crippen LogP contribution >= 0.6 is 15.9 Å². The fourth-order valence-corrected chi connectivity index (χ4v) is 7.56. The first-order chi connectivity index (χ1) is 21.0. The molecule has 44 heavy (non-hydrogen) atoms. The molecular weight excluding hydrogens is 649 g/mol. The minimum absolute atomic E-state index is 0.00553. The highest BCUT2D eigenvalue weighted by Crippen LogP contribution is 2.31. The molecule has 4 rings (SSSR count). The van der Waals surface area contributed by atoms with Crippen LogP contribution in [-0.2, 0) is 26.2 Å². The van der Waals surface area contributed by atoms with E-state index in [1.165, 1.54) is 42.3 Å². The summed E-state index contributed by atoms with van der Waals surface area (Å²) in [5, 5.41) is 3.12. The normalized spacial score (nSPS) is 14.5. The number of sulfonamides is 1. The Morgan fingerprint density at radius 3 is 2.27 bits per heavy atom. The van der Waals surface area contributed by atoms with Gasteiger partial charge in [0.2, 0.25) is 11.8 Å². The number of amides is 2. The topological polar surface area (TPSA) is 96.0 Å². The van der Waals surface area contributed by atoms with Crippen LogP contribution in [0.15, 0.2) is 76.1 Å². The first-order valence-corrected chi connectivity index (χ1v) is 17.0. The lowest BCUT2D eigenvalue weighted by atomic mass is 9.95. The van der Waals surface area contributed by atoms with E-state index >= 15 is 0 Å². The van der Waals surface area contributed by atoms with Crippen LogP contribution < -0.4 is 14.4 Å². The number of hydrogen-bond acceptors (Lipinski definition) is 5. The molecule has 3 aromatic carbocycles. The van der Waals surface area contributed by atoms with Crippen molar-refractivity contribution in [2.45, 2.75) is 75.9 Å². The van der Waals surface area contributed by atoms with Crippen LogP contribution in [0.2, 0.25) is 0 Å². The van der Waals surface area contributed by atoms with Crippen LogP contribution in [0.1, 0.15) is 56.6 Å². The van der Waals surface area contributed by atoms with Crippen LogP contribution in [-0.4, -0.2) is 50.9 Å². The Bertz CT molecular complexity index is 1540. The highest BCUT2D eigenvalue weighted by molar-refractivity contribution is 9.10. The maximum Gasteiger partial charge on any atom is 0.264 e. The molecule has 1 aliphatic carbocycles. The van der Waals surface area contributed by atoms with Gasteiger partial charge in [0, 0.05) is 12.6 Å². The molecule has 3 aromatic rings. The Hall–Kier alpha value is -3.44. The fourth-order valence-electron chi connectivity index (χ4n) is 5.42. The number of carbonyl (C=O) groups is 2. The summed E-state index contributed by atoms with van der Waals surface area (Å²) in [5.74, 6) is -0.798. The van der Waals surface area contributed by atoms with Crippen molar-refractivity contribution in [3.05, 3.63) is 88.1 Å². The Labute approximate surface area is 267 Å². The fraction of sp³-hybridized carbons (Fsp3) is 0.394. The van der Waals surface area contributed by atoms with Gasteiger partial charge in [-0.15, -0.1) is 0 Å². The molecule has 1 atom stereocenters. The molecule has 1 unspecified atom stereocenters. The van der Waals surface area contributed by atoms with E-state index in [1.807, 2.05) is 13.8 Å². The average Bonchev–Trinajstić information content (AvgIpc) is 3.01. The van der Waals surface area contributed by atoms with Gasteiger partial charge in [-0.3, -0.25) is 13.9 Å². The van der Waals surface area contributed by atoms with Gasteiger partial charge in [0.05, 0.1) is 22.2 Å². The van der Waals surface area contributed by atoms with Crippen LogP contribution in [0.25, 0.3) is 0 Å². The van der Waals surface area contributed by atoms with E-state index in [2.05, 4.69) is 21.2 Å². The highest BCUT2D eigenvalue weighted by atomic mass is 79.9. The second-order valence-electron chi connectivity index (χ2n) is 11.1. The van der Waals surface area contributed by atoms with Gasteiger partial charge in [0.1, 0.15) is 24.2 Å². The molecule has 8 nitrogen and oxygen atoms in total. The van der Waals surface area contributed by atoms with Gasteiger partial charge in [0.15, 0.2) is 0 Å². The van der Waals surface area contributed by atoms with Crippen molar-refractivity contribution in [2.75, 3.05) is 18.0 Å². The third-order valence-electron chi connectivity index (χ3n) is 7.92. The number of carbonyl (C=O) groups excluding carboxylic acids is 2. The summed E-state index contributed by atoms with van der Waals surface area (Å²) in [4.78, 5) is 29.2. The van der Waals surface area contributed by atoms with Gasteiger partial charge in [-0.25, -0.2) is 12.8 Å². The van der Waals surface area contributed by atoms with E-state index in [0.717, 1.165) is 42.0 Å². The van der Waals surface area contributed by atoms with E-state index in [1.54, 1.807) is 36.4 Å². The lowest BCUT2D eigenvalue weighted by Crippen LogP contribution is -2.54. The number of nitrogens with zero attached hydrogens (tertiary/aromatic N) is 2. The molecule has 0 spiro atoms. The van der Waals surface area contributed by atoms with E-state index in [4.69, 9.17) is 4.74 Å². The quantitative estimate of drug-likeness (QED) is 0.239. The van der Waals surface area contributed by atoms with Crippen LogP contribution in [0, 0.1) is 12.7 Å². The van der Waals surface area contributed by atoms with Crippen molar-refractivity contribution < 1.29 is 27.1 Å². The summed E-state index contributed by atoms with van der Waals surface area (Å²) in [6.07, 6.45) is 5.27. The molecule has 2 amide bonds. The second-order valence-corrected chi connectivity index (χ2v) is 13.8. The standard InChI is InChI=1S/C33H39BrFN3O5S/c1-4-30(33(40)36-26-8-6-5-7-9-26)37(21-24-12-14-25(35)15-13-24)32(39)22-38(27-16-10-23(2)11-17-27)44(41,42)28-18-19-31(43-3)29(34)20-28/h10-20,26,30H,4-9,21-22H2,1-3H3,(H,36,40). The second kappa shape index (κ2) is 15.0. The van der Waals surface area contributed by atoms with Gasteiger partial charge >= 0.3 is 0 Å². The third-order valence-corrected chi connectivity index (χ3v) is 10.3. The SMILES string of the molecule is CCC(C(=O)NC1CCCCC1)N(Cc1ccc(F)cc1)C(=O)CN(c1ccc(C)cc1)S(=O)(=O)c1ccc(OC)c(Br)c1. The molecule has 0 aliphatic heterocycles. The summed E-state index contributed by atoms with van der Waals surface area (Å²) in [5.41, 5.74) is 1.85. The van der Waals surface area contributed by atoms with Crippen molar-refractivity contribution >= 4 is 43.5 Å². The summed E-state index contributed by atoms with van der Waals surface area (Å²) in [6.45, 7) is 3.16. The third kappa shape index (κ3) is 8.18. The zero-order valence-electron chi connectivity index (χ0n) is 25.3. The number of rotatable bonds is 12. The zero-order chi connectivity index (χ0) is 31.9. The van der Waals surface area contributed by atoms with Gasteiger partial charge in [-0.1, -0.05) is 56.0 Å². The van der Waals surface area contributed by atoms with E-state index < -0.39 is 34.3 Å². The Morgan fingerprint density at radius 1 is 1.02 bits per heavy atom. The number of ether oxygens (including phenoxy) is 1. The van der Waals surface area contributed by atoms with Crippen LogP contribution in [0.4, 0.5) is 10.1 Å². The highest BCUT2D eigenvalue weighted by Gasteiger charge is 2.34. The Kier molecular flexibility index (Phi) is 11.4. The molecule has 236 valence electrons. The lowest BCUT2D eigenvalue weighted by molar-refractivity contribution is -0.140. The van der Waals surface area contributed by atoms with E-state index in [-0.39, 0.29) is 23.4 Å². The molecule has 11 heteroatoms. The monoisotopic (exact) mass is 687 g/mol. The molecule has 0 saturated heterocycles. The lowest BCUT2D eigenvalue weighted by Gasteiger charge is -2.34. The molecule has 0 aromatic heterocycles. The van der Waals surface area contributed by atoms with Gasteiger partial charge in [0.25, 0.3) is 10.0 Å². The van der Waals surface area contributed by atoms with Gasteiger partial charge in [-0.2, -0.15) is 0 Å². The van der Waals surface area contributed by atoms with Crippen LogP contribution in [0.3, 0.4) is 0 Å². The summed E-state index contributed by atoms with van der Waals surface area (Å²) in [6, 6.07) is 16.1. The number of benzene rings is 3. The smallest absolute Gasteiger partial charge is 0.264 e. The van der Waals surface area contributed by atoms with Crippen molar-refractivity contribution in [3.63, 3.8) is 0 Å².